The van der Waals surface area contributed by atoms with Gasteiger partial charge in [0, 0.05) is 18.9 Å². The Kier molecular flexibility index (Phi) is 10.8. The van der Waals surface area contributed by atoms with E-state index in [9.17, 15) is 24.3 Å². The molecule has 0 saturated carbocycles. The number of allylic oxidation sites excluding steroid dienone is 2. The first-order valence-corrected chi connectivity index (χ1v) is 11.9. The monoisotopic (exact) mass is 501 g/mol. The van der Waals surface area contributed by atoms with Gasteiger partial charge in [-0.2, -0.15) is 0 Å². The van der Waals surface area contributed by atoms with Gasteiger partial charge in [0.25, 0.3) is 5.91 Å². The molecule has 4 atom stereocenters. The summed E-state index contributed by atoms with van der Waals surface area (Å²) in [5, 5.41) is 15.4. The lowest BCUT2D eigenvalue weighted by Gasteiger charge is -2.27. The van der Waals surface area contributed by atoms with E-state index < -0.39 is 30.1 Å². The van der Waals surface area contributed by atoms with E-state index in [0.29, 0.717) is 0 Å². The maximum absolute atomic E-state index is 12.7. The van der Waals surface area contributed by atoms with Crippen LogP contribution in [0.25, 0.3) is 0 Å². The molecule has 0 saturated heterocycles. The number of nitrogens with zero attached hydrogens (tertiary/aromatic N) is 1. The lowest BCUT2D eigenvalue weighted by molar-refractivity contribution is -0.155. The summed E-state index contributed by atoms with van der Waals surface area (Å²) in [7, 11) is 0. The Hall–Kier alpha value is -3.53. The molecule has 2 heterocycles. The molecule has 0 aliphatic carbocycles. The molecule has 0 radical (unpaired) electrons. The van der Waals surface area contributed by atoms with Crippen molar-refractivity contribution in [2.45, 2.75) is 65.7 Å². The van der Waals surface area contributed by atoms with E-state index in [4.69, 9.17) is 9.15 Å². The van der Waals surface area contributed by atoms with Crippen LogP contribution in [0.1, 0.15) is 57.4 Å². The number of rotatable bonds is 1. The van der Waals surface area contributed by atoms with E-state index in [2.05, 4.69) is 15.6 Å². The summed E-state index contributed by atoms with van der Waals surface area (Å²) in [4.78, 5) is 53.7. The zero-order valence-corrected chi connectivity index (χ0v) is 21.3. The van der Waals surface area contributed by atoms with E-state index in [-0.39, 0.29) is 54.5 Å². The third-order valence-corrected chi connectivity index (χ3v) is 5.48. The van der Waals surface area contributed by atoms with Gasteiger partial charge in [-0.3, -0.25) is 14.4 Å². The van der Waals surface area contributed by atoms with Crippen LogP contribution in [-0.2, 0) is 25.5 Å². The maximum atomic E-state index is 12.7. The van der Waals surface area contributed by atoms with Crippen molar-refractivity contribution in [3.63, 3.8) is 0 Å². The molecule has 10 nitrogen and oxygen atoms in total. The number of amides is 2. The Bertz CT molecular complexity index is 1040. The highest BCUT2D eigenvalue weighted by molar-refractivity contribution is 5.95. The summed E-state index contributed by atoms with van der Waals surface area (Å²) in [6.07, 6.45) is 7.27. The van der Waals surface area contributed by atoms with E-state index in [1.165, 1.54) is 19.1 Å². The number of cyclic esters (lactones) is 1. The van der Waals surface area contributed by atoms with Gasteiger partial charge in [-0.25, -0.2) is 9.78 Å². The topological polar surface area (TPSA) is 148 Å². The molecule has 2 amide bonds. The summed E-state index contributed by atoms with van der Waals surface area (Å²) in [5.41, 5.74) is 0.637. The van der Waals surface area contributed by atoms with Crippen LogP contribution in [0, 0.1) is 11.8 Å². The number of nitrogens with one attached hydrogen (secondary N) is 2. The standard InChI is InChI=1S/C26H35N3O7/c1-15(2)24-17(4)8-9-22(32)27-10-6-7-16(3)11-19(30)12-20(31)13-23-29-21(14-35-23)25(33)28-18(5)26(34)36-24/h6-9,11,14-15,17-19,24,30H,10,12-13H2,1-5H3,(H,27,32)(H,28,33)/t17-,18+,19-,24-/m1/s1. The molecular weight excluding hydrogens is 466 g/mol. The minimum absolute atomic E-state index is 0.0304. The van der Waals surface area contributed by atoms with Crippen molar-refractivity contribution in [1.82, 2.24) is 15.6 Å². The fourth-order valence-electron chi connectivity index (χ4n) is 3.62. The first kappa shape index (κ1) is 28.7. The Morgan fingerprint density at radius 2 is 1.86 bits per heavy atom. The van der Waals surface area contributed by atoms with Gasteiger partial charge in [-0.05, 0) is 25.8 Å². The number of oxazole rings is 1. The van der Waals surface area contributed by atoms with Crippen LogP contribution in [0.5, 0.6) is 0 Å². The molecule has 1 aromatic heterocycles. The zero-order chi connectivity index (χ0) is 26.8. The number of hydrogen-bond acceptors (Lipinski definition) is 8. The number of aliphatic hydroxyl groups is 1. The summed E-state index contributed by atoms with van der Waals surface area (Å²) in [6.45, 7) is 9.15. The highest BCUT2D eigenvalue weighted by Crippen LogP contribution is 2.19. The minimum atomic E-state index is -1.01. The number of esters is 1. The van der Waals surface area contributed by atoms with Crippen molar-refractivity contribution in [2.75, 3.05) is 6.54 Å². The van der Waals surface area contributed by atoms with Crippen molar-refractivity contribution in [2.24, 2.45) is 11.8 Å². The van der Waals surface area contributed by atoms with Crippen LogP contribution in [0.2, 0.25) is 0 Å². The molecule has 1 aliphatic rings. The minimum Gasteiger partial charge on any atom is -0.460 e. The van der Waals surface area contributed by atoms with Crippen LogP contribution < -0.4 is 10.6 Å². The van der Waals surface area contributed by atoms with E-state index in [0.717, 1.165) is 11.8 Å². The Morgan fingerprint density at radius 3 is 2.56 bits per heavy atom. The quantitative estimate of drug-likeness (QED) is 0.495. The van der Waals surface area contributed by atoms with Crippen LogP contribution in [0.4, 0.5) is 0 Å². The molecule has 1 aromatic rings. The fraction of sp³-hybridized carbons (Fsp3) is 0.500. The van der Waals surface area contributed by atoms with Gasteiger partial charge in [-0.1, -0.05) is 50.6 Å². The van der Waals surface area contributed by atoms with Gasteiger partial charge in [0.05, 0.1) is 12.5 Å². The average molecular weight is 502 g/mol. The Balaban J connectivity index is 2.25. The Labute approximate surface area is 210 Å². The SMILES string of the molecule is CC1=C[C@@H](O)CC(=O)Cc2nc(co2)C(=O)N[C@@H](C)C(=O)O[C@H](C(C)C)[C@H](C)C=CC(=O)NCC=C1. The second-order valence-corrected chi connectivity index (χ2v) is 9.23. The summed E-state index contributed by atoms with van der Waals surface area (Å²) in [5.74, 6) is -2.20. The number of hydrogen-bond donors (Lipinski definition) is 3. The number of ketones is 1. The van der Waals surface area contributed by atoms with Crippen molar-refractivity contribution in [1.29, 1.82) is 0 Å². The van der Waals surface area contributed by atoms with Gasteiger partial charge in [0.2, 0.25) is 11.8 Å². The molecule has 0 spiro atoms. The molecule has 2 bridgehead atoms. The Morgan fingerprint density at radius 1 is 1.14 bits per heavy atom. The first-order valence-electron chi connectivity index (χ1n) is 11.9. The van der Waals surface area contributed by atoms with Gasteiger partial charge < -0.3 is 24.9 Å². The lowest BCUT2D eigenvalue weighted by Crippen LogP contribution is -2.42. The highest BCUT2D eigenvalue weighted by atomic mass is 16.5. The van der Waals surface area contributed by atoms with Crippen LogP contribution in [0.15, 0.2) is 46.6 Å². The van der Waals surface area contributed by atoms with Crippen molar-refractivity contribution in [3.05, 3.63) is 53.8 Å². The predicted octanol–water partition coefficient (Wildman–Crippen LogP) is 2.05. The predicted molar refractivity (Wildman–Crippen MR) is 132 cm³/mol. The number of Topliss-reactive ketones (excluding diaryl/α,β-unsaturated/α-hetero) is 1. The third kappa shape index (κ3) is 9.26. The van der Waals surface area contributed by atoms with Crippen LogP contribution >= 0.6 is 0 Å². The van der Waals surface area contributed by atoms with Gasteiger partial charge in [0.1, 0.15) is 24.2 Å². The third-order valence-electron chi connectivity index (χ3n) is 5.48. The number of aromatic nitrogens is 1. The zero-order valence-electron chi connectivity index (χ0n) is 21.3. The number of carbonyl (C=O) groups is 4. The number of fused-ring (bicyclic) bond motifs is 2. The molecule has 3 N–H and O–H groups in total. The molecule has 0 aromatic carbocycles. The molecular formula is C26H35N3O7. The molecule has 0 unspecified atom stereocenters. The van der Waals surface area contributed by atoms with Gasteiger partial charge in [0.15, 0.2) is 5.69 Å². The smallest absolute Gasteiger partial charge is 0.328 e. The molecule has 36 heavy (non-hydrogen) atoms. The molecule has 1 aliphatic heterocycles. The van der Waals surface area contributed by atoms with Crippen LogP contribution in [0.3, 0.4) is 0 Å². The number of aliphatic hydroxyl groups excluding tert-OH is 1. The number of ether oxygens (including phenoxy) is 1. The molecule has 0 fully saturated rings. The van der Waals surface area contributed by atoms with Gasteiger partial charge in [-0.15, -0.1) is 0 Å². The van der Waals surface area contributed by atoms with Gasteiger partial charge >= 0.3 is 5.97 Å². The highest BCUT2D eigenvalue weighted by Gasteiger charge is 2.28. The normalized spacial score (nSPS) is 25.7. The summed E-state index contributed by atoms with van der Waals surface area (Å²) >= 11 is 0. The summed E-state index contributed by atoms with van der Waals surface area (Å²) in [6, 6.07) is -0.974. The van der Waals surface area contributed by atoms with E-state index in [1.54, 1.807) is 25.2 Å². The first-order chi connectivity index (χ1) is 17.0. The average Bonchev–Trinajstić information content (AvgIpc) is 3.25. The largest absolute Gasteiger partial charge is 0.460 e. The van der Waals surface area contributed by atoms with Crippen molar-refractivity contribution in [3.8, 4) is 0 Å². The van der Waals surface area contributed by atoms with Crippen molar-refractivity contribution >= 4 is 23.6 Å². The molecule has 196 valence electrons. The molecule has 10 heteroatoms. The lowest BCUT2D eigenvalue weighted by atomic mass is 9.94. The fourth-order valence-corrected chi connectivity index (χ4v) is 3.62. The second-order valence-electron chi connectivity index (χ2n) is 9.23. The van der Waals surface area contributed by atoms with E-state index in [1.807, 2.05) is 20.8 Å². The van der Waals surface area contributed by atoms with E-state index >= 15 is 0 Å². The molecule has 2 rings (SSSR count). The van der Waals surface area contributed by atoms with Crippen LogP contribution in [-0.4, -0.2) is 58.5 Å². The maximum Gasteiger partial charge on any atom is 0.328 e. The second kappa shape index (κ2) is 13.5. The number of carbonyl (C=O) groups excluding carboxylic acids is 4. The van der Waals surface area contributed by atoms with Crippen molar-refractivity contribution < 1.29 is 33.4 Å². The summed E-state index contributed by atoms with van der Waals surface area (Å²) < 4.78 is 10.9.